The van der Waals surface area contributed by atoms with E-state index in [0.29, 0.717) is 34.9 Å². The normalized spacial score (nSPS) is 15.1. The predicted molar refractivity (Wildman–Crippen MR) is 107 cm³/mol. The molecule has 0 aliphatic carbocycles. The van der Waals surface area contributed by atoms with Gasteiger partial charge in [-0.3, -0.25) is 19.7 Å². The van der Waals surface area contributed by atoms with E-state index >= 15 is 0 Å². The van der Waals surface area contributed by atoms with Crippen molar-refractivity contribution in [3.05, 3.63) is 87.0 Å². The Balaban J connectivity index is 2.11. The van der Waals surface area contributed by atoms with Crippen molar-refractivity contribution >= 4 is 17.4 Å². The molecule has 2 aromatic carbocycles. The summed E-state index contributed by atoms with van der Waals surface area (Å²) in [6.45, 7) is 3.65. The van der Waals surface area contributed by atoms with Gasteiger partial charge in [0, 0.05) is 23.3 Å². The molecule has 8 heteroatoms. The summed E-state index contributed by atoms with van der Waals surface area (Å²) in [5, 5.41) is 21.1. The van der Waals surface area contributed by atoms with Crippen molar-refractivity contribution < 1.29 is 14.8 Å². The summed E-state index contributed by atoms with van der Waals surface area (Å²) in [5.74, 6) is -0.627. The first-order chi connectivity index (χ1) is 13.9. The van der Waals surface area contributed by atoms with Gasteiger partial charge in [-0.25, -0.2) is 9.78 Å². The minimum Gasteiger partial charge on any atom is -0.476 e. The maximum absolute atomic E-state index is 11.9. The molecule has 1 atom stereocenters. The summed E-state index contributed by atoms with van der Waals surface area (Å²) in [4.78, 5) is 31.9. The third kappa shape index (κ3) is 2.98. The van der Waals surface area contributed by atoms with E-state index in [0.717, 1.165) is 5.56 Å². The number of benzene rings is 2. The van der Waals surface area contributed by atoms with Gasteiger partial charge >= 0.3 is 5.97 Å². The second kappa shape index (κ2) is 6.97. The molecule has 1 aromatic heterocycles. The molecular weight excluding hydrogens is 372 g/mol. The SMILES string of the molecule is CCC1N=C(c2ccccc2)c2cc([N+](=O)[O-])ccc2-n2c(C)nc(C(=O)O)c21. The number of nitro benzene ring substituents is 1. The van der Waals surface area contributed by atoms with Gasteiger partial charge in [0.15, 0.2) is 5.69 Å². The molecule has 0 amide bonds. The first-order valence-electron chi connectivity index (χ1n) is 9.17. The Morgan fingerprint density at radius 3 is 2.59 bits per heavy atom. The lowest BCUT2D eigenvalue weighted by Gasteiger charge is -2.14. The van der Waals surface area contributed by atoms with Gasteiger partial charge in [-0.15, -0.1) is 0 Å². The number of carboxylic acid groups (broad SMARTS) is 1. The van der Waals surface area contributed by atoms with Gasteiger partial charge in [-0.2, -0.15) is 0 Å². The van der Waals surface area contributed by atoms with Crippen LogP contribution in [0, 0.1) is 17.0 Å². The van der Waals surface area contributed by atoms with Crippen LogP contribution in [0.15, 0.2) is 53.5 Å². The summed E-state index contributed by atoms with van der Waals surface area (Å²) in [6.07, 6.45) is 0.553. The van der Waals surface area contributed by atoms with E-state index in [1.807, 2.05) is 37.3 Å². The fourth-order valence-electron chi connectivity index (χ4n) is 3.74. The molecule has 1 unspecified atom stereocenters. The van der Waals surface area contributed by atoms with Crippen LogP contribution < -0.4 is 0 Å². The molecule has 8 nitrogen and oxygen atoms in total. The molecule has 2 heterocycles. The average molecular weight is 390 g/mol. The Kier molecular flexibility index (Phi) is 4.46. The quantitative estimate of drug-likeness (QED) is 0.533. The number of aryl methyl sites for hydroxylation is 1. The van der Waals surface area contributed by atoms with E-state index in [-0.39, 0.29) is 11.4 Å². The van der Waals surface area contributed by atoms with Crippen molar-refractivity contribution in [1.29, 1.82) is 0 Å². The first kappa shape index (κ1) is 18.5. The van der Waals surface area contributed by atoms with Crippen molar-refractivity contribution in [2.45, 2.75) is 26.3 Å². The molecule has 146 valence electrons. The lowest BCUT2D eigenvalue weighted by molar-refractivity contribution is -0.384. The summed E-state index contributed by atoms with van der Waals surface area (Å²) in [6, 6.07) is 13.5. The number of nitro groups is 1. The zero-order valence-corrected chi connectivity index (χ0v) is 15.9. The van der Waals surface area contributed by atoms with Crippen LogP contribution in [-0.4, -0.2) is 31.3 Å². The third-order valence-corrected chi connectivity index (χ3v) is 5.00. The number of rotatable bonds is 4. The lowest BCUT2D eigenvalue weighted by Crippen LogP contribution is -2.10. The van der Waals surface area contributed by atoms with E-state index in [1.54, 1.807) is 17.6 Å². The molecule has 3 aromatic rings. The van der Waals surface area contributed by atoms with Crippen LogP contribution in [-0.2, 0) is 0 Å². The van der Waals surface area contributed by atoms with Crippen LogP contribution in [0.4, 0.5) is 5.69 Å². The Labute approximate surface area is 166 Å². The lowest BCUT2D eigenvalue weighted by atomic mass is 9.99. The van der Waals surface area contributed by atoms with Gasteiger partial charge in [0.25, 0.3) is 5.69 Å². The van der Waals surface area contributed by atoms with Crippen molar-refractivity contribution in [3.63, 3.8) is 0 Å². The zero-order valence-electron chi connectivity index (χ0n) is 15.9. The molecule has 1 aliphatic heterocycles. The van der Waals surface area contributed by atoms with Gasteiger partial charge in [-0.05, 0) is 19.4 Å². The van der Waals surface area contributed by atoms with Crippen molar-refractivity contribution in [1.82, 2.24) is 9.55 Å². The van der Waals surface area contributed by atoms with Crippen molar-refractivity contribution in [2.75, 3.05) is 0 Å². The standard InChI is InChI=1S/C21H18N4O4/c1-3-16-20-19(21(26)27)22-12(2)24(20)17-10-9-14(25(28)29)11-15(17)18(23-16)13-7-5-4-6-8-13/h4-11,16H,3H2,1-2H3,(H,26,27). The maximum Gasteiger partial charge on any atom is 0.356 e. The number of carbonyl (C=O) groups is 1. The number of imidazole rings is 1. The maximum atomic E-state index is 11.9. The monoisotopic (exact) mass is 390 g/mol. The molecular formula is C21H18N4O4. The number of non-ortho nitro benzene ring substituents is 1. The Morgan fingerprint density at radius 1 is 1.24 bits per heavy atom. The molecule has 1 N–H and O–H groups in total. The molecule has 0 fully saturated rings. The van der Waals surface area contributed by atoms with Crippen molar-refractivity contribution in [2.24, 2.45) is 4.99 Å². The Bertz CT molecular complexity index is 1160. The van der Waals surface area contributed by atoms with Crippen LogP contribution >= 0.6 is 0 Å². The zero-order chi connectivity index (χ0) is 20.7. The summed E-state index contributed by atoms with van der Waals surface area (Å²) in [7, 11) is 0. The van der Waals surface area contributed by atoms with Crippen LogP contribution in [0.1, 0.15) is 52.5 Å². The summed E-state index contributed by atoms with van der Waals surface area (Å²) in [5.41, 5.74) is 2.98. The van der Waals surface area contributed by atoms with Gasteiger partial charge < -0.3 is 5.11 Å². The molecule has 0 radical (unpaired) electrons. The number of aromatic nitrogens is 2. The number of fused-ring (bicyclic) bond motifs is 3. The minimum atomic E-state index is -1.12. The van der Waals surface area contributed by atoms with Gasteiger partial charge in [0.1, 0.15) is 5.82 Å². The van der Waals surface area contributed by atoms with Gasteiger partial charge in [-0.1, -0.05) is 37.3 Å². The largest absolute Gasteiger partial charge is 0.476 e. The smallest absolute Gasteiger partial charge is 0.356 e. The van der Waals surface area contributed by atoms with Crippen LogP contribution in [0.5, 0.6) is 0 Å². The summed E-state index contributed by atoms with van der Waals surface area (Å²) < 4.78 is 1.76. The number of aliphatic imine (C=N–C) groups is 1. The highest BCUT2D eigenvalue weighted by atomic mass is 16.6. The van der Waals surface area contributed by atoms with Gasteiger partial charge in [0.05, 0.1) is 28.1 Å². The first-order valence-corrected chi connectivity index (χ1v) is 9.17. The fraction of sp³-hybridized carbons (Fsp3) is 0.190. The topological polar surface area (TPSA) is 111 Å². The van der Waals surface area contributed by atoms with E-state index in [1.165, 1.54) is 12.1 Å². The molecule has 4 rings (SSSR count). The number of carboxylic acids is 1. The van der Waals surface area contributed by atoms with Crippen molar-refractivity contribution in [3.8, 4) is 5.69 Å². The van der Waals surface area contributed by atoms with E-state index in [9.17, 15) is 20.0 Å². The van der Waals surface area contributed by atoms with Gasteiger partial charge in [0.2, 0.25) is 0 Å². The van der Waals surface area contributed by atoms with E-state index < -0.39 is 16.9 Å². The highest BCUT2D eigenvalue weighted by Crippen LogP contribution is 2.36. The second-order valence-corrected chi connectivity index (χ2v) is 6.76. The molecule has 1 aliphatic rings. The fourth-order valence-corrected chi connectivity index (χ4v) is 3.74. The molecule has 0 saturated carbocycles. The molecule has 29 heavy (non-hydrogen) atoms. The van der Waals surface area contributed by atoms with E-state index in [4.69, 9.17) is 4.99 Å². The highest BCUT2D eigenvalue weighted by molar-refractivity contribution is 6.15. The number of nitrogens with zero attached hydrogens (tertiary/aromatic N) is 4. The predicted octanol–water partition coefficient (Wildman–Crippen LogP) is 4.09. The van der Waals surface area contributed by atoms with E-state index in [2.05, 4.69) is 4.98 Å². The highest BCUT2D eigenvalue weighted by Gasteiger charge is 2.32. The average Bonchev–Trinajstić information content (AvgIpc) is 2.98. The van der Waals surface area contributed by atoms with Crippen LogP contribution in [0.2, 0.25) is 0 Å². The number of hydrogen-bond acceptors (Lipinski definition) is 5. The van der Waals surface area contributed by atoms with Crippen LogP contribution in [0.25, 0.3) is 5.69 Å². The number of hydrogen-bond donors (Lipinski definition) is 1. The number of aromatic carboxylic acids is 1. The van der Waals surface area contributed by atoms with Crippen LogP contribution in [0.3, 0.4) is 0 Å². The molecule has 0 saturated heterocycles. The molecule has 0 spiro atoms. The Morgan fingerprint density at radius 2 is 1.97 bits per heavy atom. The summed E-state index contributed by atoms with van der Waals surface area (Å²) >= 11 is 0. The second-order valence-electron chi connectivity index (χ2n) is 6.76. The minimum absolute atomic E-state index is 0.0447. The Hall–Kier alpha value is -3.81. The molecule has 0 bridgehead atoms. The third-order valence-electron chi connectivity index (χ3n) is 5.00.